The van der Waals surface area contributed by atoms with E-state index in [1.54, 1.807) is 48.1 Å². The number of carbonyl (C=O) groups excluding carboxylic acids is 1. The molecule has 5 aromatic rings. The van der Waals surface area contributed by atoms with Gasteiger partial charge in [-0.2, -0.15) is 5.10 Å². The molecule has 3 aromatic carbocycles. The maximum Gasteiger partial charge on any atom is 0.255 e. The van der Waals surface area contributed by atoms with Crippen molar-refractivity contribution in [3.8, 4) is 28.4 Å². The van der Waals surface area contributed by atoms with Crippen molar-refractivity contribution in [2.45, 2.75) is 13.1 Å². The van der Waals surface area contributed by atoms with E-state index in [4.69, 9.17) is 26.2 Å². The van der Waals surface area contributed by atoms with E-state index in [0.29, 0.717) is 40.0 Å². The van der Waals surface area contributed by atoms with Crippen LogP contribution >= 0.6 is 11.6 Å². The quantitative estimate of drug-likeness (QED) is 0.296. The van der Waals surface area contributed by atoms with Crippen molar-refractivity contribution in [3.05, 3.63) is 107 Å². The van der Waals surface area contributed by atoms with Gasteiger partial charge >= 0.3 is 0 Å². The average molecular weight is 529 g/mol. The normalized spacial score (nSPS) is 10.8. The number of hydrogen-bond acceptors (Lipinski definition) is 6. The number of carbonyl (C=O) groups is 1. The van der Waals surface area contributed by atoms with Crippen molar-refractivity contribution < 1.29 is 14.3 Å². The Labute approximate surface area is 224 Å². The molecule has 0 saturated carbocycles. The van der Waals surface area contributed by atoms with Gasteiger partial charge in [-0.15, -0.1) is 5.10 Å². The molecule has 0 unspecified atom stereocenters. The van der Waals surface area contributed by atoms with Crippen molar-refractivity contribution in [1.82, 2.24) is 30.1 Å². The topological polar surface area (TPSA) is 96.1 Å². The van der Waals surface area contributed by atoms with Crippen LogP contribution in [0.3, 0.4) is 0 Å². The largest absolute Gasteiger partial charge is 0.493 e. The lowest BCUT2D eigenvalue weighted by Crippen LogP contribution is -2.23. The van der Waals surface area contributed by atoms with Gasteiger partial charge < -0.3 is 14.8 Å². The summed E-state index contributed by atoms with van der Waals surface area (Å²) in [4.78, 5) is 13.3. The summed E-state index contributed by atoms with van der Waals surface area (Å²) in [6.45, 7) is 0.702. The molecule has 1 amide bonds. The number of hydrogen-bond donors (Lipinski definition) is 1. The van der Waals surface area contributed by atoms with E-state index >= 15 is 0 Å². The summed E-state index contributed by atoms with van der Waals surface area (Å²) < 4.78 is 14.1. The number of rotatable bonds is 9. The predicted octanol–water partition coefficient (Wildman–Crippen LogP) is 4.78. The van der Waals surface area contributed by atoms with Crippen LogP contribution in [0.4, 0.5) is 0 Å². The molecular formula is C28H25ClN6O3. The average Bonchev–Trinajstić information content (AvgIpc) is 3.60. The minimum Gasteiger partial charge on any atom is -0.493 e. The fourth-order valence-electron chi connectivity index (χ4n) is 4.00. The molecule has 9 nitrogen and oxygen atoms in total. The third-order valence-electron chi connectivity index (χ3n) is 5.91. The molecule has 0 aliphatic heterocycles. The fourth-order valence-corrected chi connectivity index (χ4v) is 4.13. The lowest BCUT2D eigenvalue weighted by molar-refractivity contribution is 0.0951. The maximum atomic E-state index is 13.3. The van der Waals surface area contributed by atoms with Crippen LogP contribution in [-0.4, -0.2) is 44.9 Å². The first-order valence-electron chi connectivity index (χ1n) is 11.8. The summed E-state index contributed by atoms with van der Waals surface area (Å²) >= 11 is 6.07. The van der Waals surface area contributed by atoms with Crippen LogP contribution in [0, 0.1) is 0 Å². The monoisotopic (exact) mass is 528 g/mol. The zero-order valence-corrected chi connectivity index (χ0v) is 21.6. The lowest BCUT2D eigenvalue weighted by Gasteiger charge is -2.09. The molecule has 0 aliphatic carbocycles. The van der Waals surface area contributed by atoms with E-state index in [-0.39, 0.29) is 12.5 Å². The van der Waals surface area contributed by atoms with Crippen molar-refractivity contribution in [1.29, 1.82) is 0 Å². The Morgan fingerprint density at radius 1 is 0.947 bits per heavy atom. The summed E-state index contributed by atoms with van der Waals surface area (Å²) in [5, 5.41) is 16.6. The highest BCUT2D eigenvalue weighted by Gasteiger charge is 2.19. The molecule has 0 bridgehead atoms. The van der Waals surface area contributed by atoms with E-state index in [9.17, 15) is 4.79 Å². The minimum absolute atomic E-state index is 0.210. The molecule has 0 spiro atoms. The summed E-state index contributed by atoms with van der Waals surface area (Å²) in [6, 6.07) is 22.5. The first-order chi connectivity index (χ1) is 18.5. The van der Waals surface area contributed by atoms with Crippen molar-refractivity contribution in [3.63, 3.8) is 0 Å². The van der Waals surface area contributed by atoms with Crippen LogP contribution in [0.15, 0.2) is 85.2 Å². The highest BCUT2D eigenvalue weighted by Crippen LogP contribution is 2.28. The molecule has 2 aromatic heterocycles. The van der Waals surface area contributed by atoms with Crippen LogP contribution in [0.2, 0.25) is 5.02 Å². The molecular weight excluding hydrogens is 504 g/mol. The predicted molar refractivity (Wildman–Crippen MR) is 144 cm³/mol. The lowest BCUT2D eigenvalue weighted by atomic mass is 10.1. The second-order valence-electron chi connectivity index (χ2n) is 8.46. The second-order valence-corrected chi connectivity index (χ2v) is 8.89. The smallest absolute Gasteiger partial charge is 0.255 e. The van der Waals surface area contributed by atoms with Gasteiger partial charge in [0, 0.05) is 16.8 Å². The summed E-state index contributed by atoms with van der Waals surface area (Å²) in [6.07, 6.45) is 3.52. The van der Waals surface area contributed by atoms with Gasteiger partial charge in [0.05, 0.1) is 44.8 Å². The van der Waals surface area contributed by atoms with E-state index in [1.807, 2.05) is 60.7 Å². The Hall–Kier alpha value is -4.63. The van der Waals surface area contributed by atoms with E-state index in [2.05, 4.69) is 15.6 Å². The van der Waals surface area contributed by atoms with Gasteiger partial charge in [0.15, 0.2) is 11.5 Å². The van der Waals surface area contributed by atoms with Crippen LogP contribution in [0.25, 0.3) is 16.9 Å². The van der Waals surface area contributed by atoms with E-state index in [1.165, 1.54) is 0 Å². The molecule has 0 radical (unpaired) electrons. The Balaban J connectivity index is 1.32. The Morgan fingerprint density at radius 3 is 2.45 bits per heavy atom. The first kappa shape index (κ1) is 25.0. The number of benzene rings is 3. The summed E-state index contributed by atoms with van der Waals surface area (Å²) in [5.74, 6) is 1.03. The SMILES string of the molecule is COc1ccc(Cn2cc(CNC(=O)c3cn(-c4ccccc4)nc3-c3ccc(Cl)cc3)nn2)cc1OC. The maximum absolute atomic E-state index is 13.3. The summed E-state index contributed by atoms with van der Waals surface area (Å²) in [5.41, 5.74) is 4.23. The van der Waals surface area contributed by atoms with Crippen LogP contribution < -0.4 is 14.8 Å². The Kier molecular flexibility index (Phi) is 7.37. The van der Waals surface area contributed by atoms with Crippen LogP contribution in [0.1, 0.15) is 21.6 Å². The number of amides is 1. The van der Waals surface area contributed by atoms with Crippen molar-refractivity contribution in [2.24, 2.45) is 0 Å². The third kappa shape index (κ3) is 5.52. The molecule has 10 heteroatoms. The van der Waals surface area contributed by atoms with Gasteiger partial charge in [-0.1, -0.05) is 53.2 Å². The fraction of sp³-hybridized carbons (Fsp3) is 0.143. The van der Waals surface area contributed by atoms with Gasteiger partial charge in [-0.05, 0) is 42.0 Å². The zero-order valence-electron chi connectivity index (χ0n) is 20.8. The van der Waals surface area contributed by atoms with Gasteiger partial charge in [0.2, 0.25) is 0 Å². The van der Waals surface area contributed by atoms with Crippen molar-refractivity contribution in [2.75, 3.05) is 14.2 Å². The van der Waals surface area contributed by atoms with Crippen molar-refractivity contribution >= 4 is 17.5 Å². The Bertz CT molecular complexity index is 1550. The molecule has 0 saturated heterocycles. The number of nitrogens with zero attached hydrogens (tertiary/aromatic N) is 5. The molecule has 192 valence electrons. The molecule has 0 fully saturated rings. The molecule has 1 N–H and O–H groups in total. The summed E-state index contributed by atoms with van der Waals surface area (Å²) in [7, 11) is 3.19. The molecule has 2 heterocycles. The number of aromatic nitrogens is 5. The molecule has 0 aliphatic rings. The molecule has 5 rings (SSSR count). The number of methoxy groups -OCH3 is 2. The van der Waals surface area contributed by atoms with Gasteiger partial charge in [-0.25, -0.2) is 9.36 Å². The van der Waals surface area contributed by atoms with Gasteiger partial charge in [0.25, 0.3) is 5.91 Å². The van der Waals surface area contributed by atoms with E-state index < -0.39 is 0 Å². The van der Waals surface area contributed by atoms with Gasteiger partial charge in [0.1, 0.15) is 11.4 Å². The molecule has 38 heavy (non-hydrogen) atoms. The van der Waals surface area contributed by atoms with E-state index in [0.717, 1.165) is 16.8 Å². The second kappa shape index (κ2) is 11.2. The highest BCUT2D eigenvalue weighted by molar-refractivity contribution is 6.30. The molecule has 0 atom stereocenters. The number of para-hydroxylation sites is 1. The first-order valence-corrected chi connectivity index (χ1v) is 12.2. The number of nitrogens with one attached hydrogen (secondary N) is 1. The zero-order chi connectivity index (χ0) is 26.5. The Morgan fingerprint density at radius 2 is 1.71 bits per heavy atom. The highest BCUT2D eigenvalue weighted by atomic mass is 35.5. The number of halogens is 1. The standard InChI is InChI=1S/C28H25ClN6O3/c1-37-25-13-8-19(14-26(25)38-2)16-34-17-22(31-33-34)15-30-28(36)24-18-35(23-6-4-3-5-7-23)32-27(24)20-9-11-21(29)12-10-20/h3-14,17-18H,15-16H2,1-2H3,(H,30,36). The third-order valence-corrected chi connectivity index (χ3v) is 6.16. The van der Waals surface area contributed by atoms with Gasteiger partial charge in [-0.3, -0.25) is 4.79 Å². The number of ether oxygens (including phenoxy) is 2. The minimum atomic E-state index is -0.272. The van der Waals surface area contributed by atoms with Crippen LogP contribution in [0.5, 0.6) is 11.5 Å². The van der Waals surface area contributed by atoms with Crippen LogP contribution in [-0.2, 0) is 13.1 Å².